The van der Waals surface area contributed by atoms with Crippen molar-refractivity contribution in [3.63, 3.8) is 0 Å². The molecule has 0 saturated carbocycles. The zero-order chi connectivity index (χ0) is 26.2. The minimum Gasteiger partial charge on any atom is -0.485 e. The standard InChI is InChI=1S/C25H24F3NO6S/c1-33-17-35-23-15-21(11-12-22(23)34-16-19-5-3-2-4-6-19)36(31,32)20-9-7-18(8-10-20)13-14-29-24(30)25(26,27)28/h2-12,15H,13-14,16-17H2,1H3,(H,29,30). The number of benzene rings is 3. The van der Waals surface area contributed by atoms with Gasteiger partial charge in [0.25, 0.3) is 0 Å². The fourth-order valence-electron chi connectivity index (χ4n) is 3.14. The number of amides is 1. The first-order valence-electron chi connectivity index (χ1n) is 10.7. The van der Waals surface area contributed by atoms with Crippen LogP contribution in [0.25, 0.3) is 0 Å². The summed E-state index contributed by atoms with van der Waals surface area (Å²) in [5.74, 6) is -1.50. The van der Waals surface area contributed by atoms with Crippen molar-refractivity contribution in [1.82, 2.24) is 5.32 Å². The third-order valence-corrected chi connectivity index (χ3v) is 6.75. The highest BCUT2D eigenvalue weighted by Gasteiger charge is 2.38. The van der Waals surface area contributed by atoms with Crippen LogP contribution < -0.4 is 14.8 Å². The number of methoxy groups -OCH3 is 1. The molecule has 11 heteroatoms. The van der Waals surface area contributed by atoms with E-state index in [9.17, 15) is 26.4 Å². The topological polar surface area (TPSA) is 90.9 Å². The maximum absolute atomic E-state index is 13.2. The van der Waals surface area contributed by atoms with Crippen LogP contribution in [0.5, 0.6) is 11.5 Å². The van der Waals surface area contributed by atoms with Gasteiger partial charge in [-0.1, -0.05) is 42.5 Å². The van der Waals surface area contributed by atoms with E-state index in [1.165, 1.54) is 49.6 Å². The largest absolute Gasteiger partial charge is 0.485 e. The van der Waals surface area contributed by atoms with Crippen molar-refractivity contribution < 1.29 is 40.6 Å². The molecule has 0 aromatic heterocycles. The lowest BCUT2D eigenvalue weighted by Gasteiger charge is -2.14. The summed E-state index contributed by atoms with van der Waals surface area (Å²) >= 11 is 0. The van der Waals surface area contributed by atoms with Crippen molar-refractivity contribution >= 4 is 15.7 Å². The molecule has 0 spiro atoms. The second kappa shape index (κ2) is 11.9. The molecule has 0 aliphatic heterocycles. The molecule has 192 valence electrons. The van der Waals surface area contributed by atoms with Gasteiger partial charge in [0.1, 0.15) is 6.61 Å². The van der Waals surface area contributed by atoms with Crippen molar-refractivity contribution in [3.05, 3.63) is 83.9 Å². The number of nitrogens with one attached hydrogen (secondary N) is 1. The Morgan fingerprint density at radius 2 is 1.53 bits per heavy atom. The van der Waals surface area contributed by atoms with Gasteiger partial charge in [0.05, 0.1) is 9.79 Å². The minimum atomic E-state index is -4.95. The maximum atomic E-state index is 13.2. The second-order valence-electron chi connectivity index (χ2n) is 7.58. The Morgan fingerprint density at radius 3 is 2.17 bits per heavy atom. The van der Waals surface area contributed by atoms with E-state index < -0.39 is 21.9 Å². The van der Waals surface area contributed by atoms with Gasteiger partial charge >= 0.3 is 12.1 Å². The Labute approximate surface area is 206 Å². The van der Waals surface area contributed by atoms with Crippen molar-refractivity contribution in [2.24, 2.45) is 0 Å². The average molecular weight is 524 g/mol. The van der Waals surface area contributed by atoms with E-state index in [1.54, 1.807) is 5.32 Å². The number of carbonyl (C=O) groups is 1. The van der Waals surface area contributed by atoms with Gasteiger partial charge in [-0.05, 0) is 41.8 Å². The molecule has 7 nitrogen and oxygen atoms in total. The molecule has 3 aromatic carbocycles. The minimum absolute atomic E-state index is 0.0128. The maximum Gasteiger partial charge on any atom is 0.471 e. The molecule has 0 unspecified atom stereocenters. The van der Waals surface area contributed by atoms with Crippen LogP contribution in [0, 0.1) is 0 Å². The van der Waals surface area contributed by atoms with Crippen LogP contribution in [-0.4, -0.2) is 40.9 Å². The van der Waals surface area contributed by atoms with Crippen LogP contribution in [-0.2, 0) is 32.4 Å². The molecule has 0 aliphatic carbocycles. The first-order chi connectivity index (χ1) is 17.1. The number of rotatable bonds is 11. The second-order valence-corrected chi connectivity index (χ2v) is 9.53. The predicted octanol–water partition coefficient (Wildman–Crippen LogP) is 4.30. The Kier molecular flexibility index (Phi) is 8.94. The van der Waals surface area contributed by atoms with E-state index in [1.807, 2.05) is 30.3 Å². The van der Waals surface area contributed by atoms with Gasteiger partial charge < -0.3 is 19.5 Å². The Hall–Kier alpha value is -3.57. The number of halogens is 3. The van der Waals surface area contributed by atoms with Gasteiger partial charge in [-0.25, -0.2) is 8.42 Å². The smallest absolute Gasteiger partial charge is 0.471 e. The van der Waals surface area contributed by atoms with E-state index in [-0.39, 0.29) is 41.9 Å². The summed E-state index contributed by atoms with van der Waals surface area (Å²) in [5, 5.41) is 1.77. The van der Waals surface area contributed by atoms with Gasteiger partial charge in [-0.3, -0.25) is 4.79 Å². The lowest BCUT2D eigenvalue weighted by atomic mass is 10.1. The molecule has 3 rings (SSSR count). The zero-order valence-electron chi connectivity index (χ0n) is 19.2. The Bertz CT molecular complexity index is 1260. The van der Waals surface area contributed by atoms with Gasteiger partial charge in [0, 0.05) is 19.7 Å². The Balaban J connectivity index is 1.73. The molecule has 36 heavy (non-hydrogen) atoms. The SMILES string of the molecule is COCOc1cc(S(=O)(=O)c2ccc(CCNC(=O)C(F)(F)F)cc2)ccc1OCc1ccccc1. The first-order valence-corrected chi connectivity index (χ1v) is 12.2. The molecule has 3 aromatic rings. The summed E-state index contributed by atoms with van der Waals surface area (Å²) < 4.78 is 79.4. The van der Waals surface area contributed by atoms with E-state index in [0.717, 1.165) is 5.56 Å². The van der Waals surface area contributed by atoms with Crippen LogP contribution in [0.4, 0.5) is 13.2 Å². The summed E-state index contributed by atoms with van der Waals surface area (Å²) in [6, 6.07) is 19.3. The normalized spacial score (nSPS) is 11.7. The molecule has 1 N–H and O–H groups in total. The van der Waals surface area contributed by atoms with E-state index >= 15 is 0 Å². The summed E-state index contributed by atoms with van der Waals surface area (Å²) in [4.78, 5) is 10.8. The van der Waals surface area contributed by atoms with Gasteiger partial charge in [0.15, 0.2) is 18.3 Å². The molecular formula is C25H24F3NO6S. The summed E-state index contributed by atoms with van der Waals surface area (Å²) in [6.45, 7) is -0.110. The lowest BCUT2D eigenvalue weighted by molar-refractivity contribution is -0.173. The summed E-state index contributed by atoms with van der Waals surface area (Å²) in [5.41, 5.74) is 1.48. The van der Waals surface area contributed by atoms with Crippen LogP contribution in [0.1, 0.15) is 11.1 Å². The molecular weight excluding hydrogens is 499 g/mol. The highest BCUT2D eigenvalue weighted by Crippen LogP contribution is 2.33. The molecule has 0 aliphatic rings. The highest BCUT2D eigenvalue weighted by molar-refractivity contribution is 7.91. The third-order valence-electron chi connectivity index (χ3n) is 4.99. The van der Waals surface area contributed by atoms with Gasteiger partial charge in [0.2, 0.25) is 9.84 Å². The molecule has 0 heterocycles. The number of alkyl halides is 3. The number of hydrogen-bond acceptors (Lipinski definition) is 6. The van der Waals surface area contributed by atoms with Crippen molar-refractivity contribution in [3.8, 4) is 11.5 Å². The van der Waals surface area contributed by atoms with Crippen molar-refractivity contribution in [2.75, 3.05) is 20.4 Å². The van der Waals surface area contributed by atoms with Crippen LogP contribution >= 0.6 is 0 Å². The molecule has 0 bridgehead atoms. The van der Waals surface area contributed by atoms with Gasteiger partial charge in [-0.15, -0.1) is 0 Å². The molecule has 0 atom stereocenters. The van der Waals surface area contributed by atoms with Gasteiger partial charge in [-0.2, -0.15) is 13.2 Å². The van der Waals surface area contributed by atoms with Crippen molar-refractivity contribution in [1.29, 1.82) is 0 Å². The summed E-state index contributed by atoms with van der Waals surface area (Å²) in [7, 11) is -2.50. The number of carbonyl (C=O) groups excluding carboxylic acids is 1. The molecule has 1 amide bonds. The number of sulfone groups is 1. The van der Waals surface area contributed by atoms with Crippen LogP contribution in [0.15, 0.2) is 82.6 Å². The zero-order valence-corrected chi connectivity index (χ0v) is 20.1. The van der Waals surface area contributed by atoms with Crippen molar-refractivity contribution in [2.45, 2.75) is 29.0 Å². The average Bonchev–Trinajstić information content (AvgIpc) is 2.86. The fraction of sp³-hybridized carbons (Fsp3) is 0.240. The predicted molar refractivity (Wildman–Crippen MR) is 124 cm³/mol. The Morgan fingerprint density at radius 1 is 0.861 bits per heavy atom. The monoisotopic (exact) mass is 523 g/mol. The third kappa shape index (κ3) is 7.22. The van der Waals surface area contributed by atoms with E-state index in [0.29, 0.717) is 11.3 Å². The summed E-state index contributed by atoms with van der Waals surface area (Å²) in [6.07, 6.45) is -4.85. The molecule has 0 radical (unpaired) electrons. The quantitative estimate of drug-likeness (QED) is 0.377. The number of hydrogen-bond donors (Lipinski definition) is 1. The molecule has 0 fully saturated rings. The highest BCUT2D eigenvalue weighted by atomic mass is 32.2. The van der Waals surface area contributed by atoms with Crippen LogP contribution in [0.3, 0.4) is 0 Å². The lowest BCUT2D eigenvalue weighted by Crippen LogP contribution is -2.37. The fourth-order valence-corrected chi connectivity index (χ4v) is 4.41. The van der Waals surface area contributed by atoms with E-state index in [4.69, 9.17) is 14.2 Å². The van der Waals surface area contributed by atoms with Crippen LogP contribution in [0.2, 0.25) is 0 Å². The van der Waals surface area contributed by atoms with E-state index in [2.05, 4.69) is 0 Å². The molecule has 0 saturated heterocycles. The number of ether oxygens (including phenoxy) is 3. The first kappa shape index (κ1) is 27.0.